The molecule has 132 valence electrons. The van der Waals surface area contributed by atoms with E-state index in [4.69, 9.17) is 4.52 Å². The lowest BCUT2D eigenvalue weighted by molar-refractivity contribution is -0.115. The maximum Gasteiger partial charge on any atom is 0.251 e. The number of aromatic nitrogens is 2. The first-order valence-corrected chi connectivity index (χ1v) is 8.22. The van der Waals surface area contributed by atoms with Crippen molar-refractivity contribution in [3.05, 3.63) is 66.1 Å². The number of rotatable bonds is 6. The van der Waals surface area contributed by atoms with Gasteiger partial charge in [-0.1, -0.05) is 42.4 Å². The van der Waals surface area contributed by atoms with Crippen LogP contribution in [-0.2, 0) is 11.2 Å². The molecule has 0 fully saturated rings. The maximum absolute atomic E-state index is 12.1. The Bertz CT molecular complexity index is 906. The minimum atomic E-state index is -0.325. The highest BCUT2D eigenvalue weighted by molar-refractivity contribution is 5.99. The molecule has 0 saturated carbocycles. The zero-order valence-corrected chi connectivity index (χ0v) is 14.2. The monoisotopic (exact) mass is 350 g/mol. The van der Waals surface area contributed by atoms with E-state index in [9.17, 15) is 9.59 Å². The molecule has 26 heavy (non-hydrogen) atoms. The number of nitrogens with zero attached hydrogens (tertiary/aromatic N) is 2. The van der Waals surface area contributed by atoms with Crippen LogP contribution in [0, 0.1) is 0 Å². The van der Waals surface area contributed by atoms with Gasteiger partial charge in [0.25, 0.3) is 5.91 Å². The van der Waals surface area contributed by atoms with Crippen LogP contribution in [0.5, 0.6) is 0 Å². The molecule has 0 aliphatic rings. The van der Waals surface area contributed by atoms with Crippen molar-refractivity contribution in [2.24, 2.45) is 0 Å². The summed E-state index contributed by atoms with van der Waals surface area (Å²) in [5.74, 6) is 0.399. The molecule has 1 aromatic heterocycles. The molecule has 0 spiro atoms. The molecule has 2 amide bonds. The van der Waals surface area contributed by atoms with Gasteiger partial charge in [0.05, 0.1) is 6.54 Å². The molecule has 0 bridgehead atoms. The molecule has 0 aliphatic heterocycles. The Kier molecular flexibility index (Phi) is 5.38. The summed E-state index contributed by atoms with van der Waals surface area (Å²) in [5.41, 5.74) is 1.83. The molecule has 0 saturated heterocycles. The summed E-state index contributed by atoms with van der Waals surface area (Å²) in [4.78, 5) is 28.3. The number of benzene rings is 2. The van der Waals surface area contributed by atoms with Gasteiger partial charge in [0.15, 0.2) is 0 Å². The number of aryl methyl sites for hydroxylation is 1. The van der Waals surface area contributed by atoms with Crippen LogP contribution in [0.3, 0.4) is 0 Å². The van der Waals surface area contributed by atoms with E-state index in [0.717, 1.165) is 5.56 Å². The first kappa shape index (κ1) is 17.3. The number of carbonyl (C=O) groups excluding carboxylic acids is 2. The van der Waals surface area contributed by atoms with Crippen molar-refractivity contribution < 1.29 is 14.1 Å². The number of anilines is 1. The van der Waals surface area contributed by atoms with Gasteiger partial charge in [-0.3, -0.25) is 9.59 Å². The van der Waals surface area contributed by atoms with Crippen LogP contribution in [0.1, 0.15) is 23.2 Å². The van der Waals surface area contributed by atoms with Crippen molar-refractivity contribution in [1.29, 1.82) is 0 Å². The Morgan fingerprint density at radius 3 is 2.62 bits per heavy atom. The lowest BCUT2D eigenvalue weighted by atomic mass is 10.2. The molecule has 0 aliphatic carbocycles. The zero-order chi connectivity index (χ0) is 18.4. The topological polar surface area (TPSA) is 97.1 Å². The van der Waals surface area contributed by atoms with E-state index in [0.29, 0.717) is 29.4 Å². The zero-order valence-electron chi connectivity index (χ0n) is 14.2. The second-order valence-electron chi connectivity index (χ2n) is 5.54. The minimum Gasteiger partial charge on any atom is -0.343 e. The fraction of sp³-hybridized carbons (Fsp3) is 0.158. The minimum absolute atomic E-state index is 0.125. The van der Waals surface area contributed by atoms with Crippen LogP contribution < -0.4 is 10.6 Å². The summed E-state index contributed by atoms with van der Waals surface area (Å²) in [6.45, 7) is 1.80. The summed E-state index contributed by atoms with van der Waals surface area (Å²) < 4.78 is 5.10. The molecule has 3 aromatic rings. The van der Waals surface area contributed by atoms with E-state index in [2.05, 4.69) is 20.8 Å². The molecule has 0 atom stereocenters. The quantitative estimate of drug-likeness (QED) is 0.712. The Balaban J connectivity index is 1.59. The number of carbonyl (C=O) groups is 2. The van der Waals surface area contributed by atoms with Crippen molar-refractivity contribution in [1.82, 2.24) is 15.5 Å². The average Bonchev–Trinajstić information content (AvgIpc) is 3.16. The smallest absolute Gasteiger partial charge is 0.251 e. The average molecular weight is 350 g/mol. The van der Waals surface area contributed by atoms with E-state index in [1.165, 1.54) is 0 Å². The Labute approximate surface area is 150 Å². The first-order valence-electron chi connectivity index (χ1n) is 8.22. The normalized spacial score (nSPS) is 10.3. The van der Waals surface area contributed by atoms with E-state index in [1.54, 1.807) is 42.5 Å². The van der Waals surface area contributed by atoms with Gasteiger partial charge >= 0.3 is 0 Å². The third-order valence-corrected chi connectivity index (χ3v) is 3.62. The molecule has 0 unspecified atom stereocenters. The lowest BCUT2D eigenvalue weighted by Crippen LogP contribution is -2.32. The van der Waals surface area contributed by atoms with Gasteiger partial charge in [-0.15, -0.1) is 0 Å². The first-order chi connectivity index (χ1) is 12.7. The molecule has 0 radical (unpaired) electrons. The van der Waals surface area contributed by atoms with Crippen molar-refractivity contribution in [3.63, 3.8) is 0 Å². The highest BCUT2D eigenvalue weighted by Crippen LogP contribution is 2.20. The van der Waals surface area contributed by atoms with Crippen LogP contribution in [0.25, 0.3) is 11.4 Å². The number of nitrogens with one attached hydrogen (secondary N) is 2. The molecule has 3 rings (SSSR count). The largest absolute Gasteiger partial charge is 0.343 e. The summed E-state index contributed by atoms with van der Waals surface area (Å²) >= 11 is 0. The van der Waals surface area contributed by atoms with Gasteiger partial charge in [-0.05, 0) is 24.3 Å². The van der Waals surface area contributed by atoms with E-state index in [-0.39, 0.29) is 18.4 Å². The molecule has 2 N–H and O–H groups in total. The maximum atomic E-state index is 12.1. The fourth-order valence-corrected chi connectivity index (χ4v) is 2.31. The highest BCUT2D eigenvalue weighted by atomic mass is 16.5. The van der Waals surface area contributed by atoms with Gasteiger partial charge in [0.1, 0.15) is 0 Å². The number of amides is 2. The predicted molar refractivity (Wildman–Crippen MR) is 96.5 cm³/mol. The fourth-order valence-electron chi connectivity index (χ4n) is 2.31. The second kappa shape index (κ2) is 8.06. The third kappa shape index (κ3) is 4.32. The standard InChI is InChI=1S/C19H18N4O3/c1-2-17-22-18(23-26-17)14-9-6-10-15(11-14)21-16(24)12-20-19(25)13-7-4-3-5-8-13/h3-11H,2,12H2,1H3,(H,20,25)(H,21,24). The van der Waals surface area contributed by atoms with Crippen LogP contribution in [0.15, 0.2) is 59.1 Å². The molecule has 7 nitrogen and oxygen atoms in total. The Hall–Kier alpha value is -3.48. The molecular weight excluding hydrogens is 332 g/mol. The molecule has 1 heterocycles. The van der Waals surface area contributed by atoms with Crippen LogP contribution in [0.2, 0.25) is 0 Å². The SMILES string of the molecule is CCc1nc(-c2cccc(NC(=O)CNC(=O)c3ccccc3)c2)no1. The van der Waals surface area contributed by atoms with Crippen LogP contribution in [0.4, 0.5) is 5.69 Å². The van der Waals surface area contributed by atoms with Crippen molar-refractivity contribution in [3.8, 4) is 11.4 Å². The predicted octanol–water partition coefficient (Wildman–Crippen LogP) is 2.67. The number of hydrogen-bond donors (Lipinski definition) is 2. The molecule has 2 aromatic carbocycles. The summed E-state index contributed by atoms with van der Waals surface area (Å²) in [6.07, 6.45) is 0.657. The lowest BCUT2D eigenvalue weighted by Gasteiger charge is -2.07. The van der Waals surface area contributed by atoms with Gasteiger partial charge < -0.3 is 15.2 Å². The van der Waals surface area contributed by atoms with Crippen LogP contribution >= 0.6 is 0 Å². The Morgan fingerprint density at radius 1 is 1.08 bits per heavy atom. The van der Waals surface area contributed by atoms with Crippen LogP contribution in [-0.4, -0.2) is 28.5 Å². The van der Waals surface area contributed by atoms with Crippen molar-refractivity contribution in [2.45, 2.75) is 13.3 Å². The van der Waals surface area contributed by atoms with Gasteiger partial charge in [0.2, 0.25) is 17.6 Å². The van der Waals surface area contributed by atoms with Gasteiger partial charge in [-0.25, -0.2) is 0 Å². The second-order valence-corrected chi connectivity index (χ2v) is 5.54. The Morgan fingerprint density at radius 2 is 1.88 bits per heavy atom. The molecule has 7 heteroatoms. The van der Waals surface area contributed by atoms with Crippen molar-refractivity contribution in [2.75, 3.05) is 11.9 Å². The summed E-state index contributed by atoms with van der Waals surface area (Å²) in [7, 11) is 0. The summed E-state index contributed by atoms with van der Waals surface area (Å²) in [5, 5.41) is 9.24. The number of hydrogen-bond acceptors (Lipinski definition) is 5. The highest BCUT2D eigenvalue weighted by Gasteiger charge is 2.10. The van der Waals surface area contributed by atoms with Gasteiger partial charge in [-0.2, -0.15) is 4.98 Å². The van der Waals surface area contributed by atoms with E-state index < -0.39 is 0 Å². The molecular formula is C19H18N4O3. The summed E-state index contributed by atoms with van der Waals surface area (Å²) in [6, 6.07) is 15.8. The van der Waals surface area contributed by atoms with E-state index in [1.807, 2.05) is 19.1 Å². The van der Waals surface area contributed by atoms with E-state index >= 15 is 0 Å². The van der Waals surface area contributed by atoms with Gasteiger partial charge in [0, 0.05) is 23.2 Å². The third-order valence-electron chi connectivity index (χ3n) is 3.62. The van der Waals surface area contributed by atoms with Crippen molar-refractivity contribution >= 4 is 17.5 Å².